The molecule has 1 aliphatic rings. The SMILES string of the molecule is CC1(F)CCN(C(=O)c2ccc(-c3cc(OC(F)(F)F)c4oc(CNC(=O)/C=C/c5ccc(N)nc5)cc4c3)cc2)CC1. The molecule has 0 aliphatic carbocycles. The van der Waals surface area contributed by atoms with Crippen LogP contribution in [0.4, 0.5) is 23.4 Å². The highest BCUT2D eigenvalue weighted by atomic mass is 19.4. The van der Waals surface area contributed by atoms with Gasteiger partial charge in [0.25, 0.3) is 5.91 Å². The molecule has 2 aromatic carbocycles. The van der Waals surface area contributed by atoms with Crippen molar-refractivity contribution >= 4 is 34.7 Å². The summed E-state index contributed by atoms with van der Waals surface area (Å²) in [4.78, 5) is 30.7. The number of hydrogen-bond donors (Lipinski definition) is 2. The van der Waals surface area contributed by atoms with Crippen LogP contribution in [-0.2, 0) is 11.3 Å². The fourth-order valence-electron chi connectivity index (χ4n) is 4.71. The summed E-state index contributed by atoms with van der Waals surface area (Å²) < 4.78 is 63.8. The Morgan fingerprint density at radius 3 is 2.47 bits per heavy atom. The summed E-state index contributed by atoms with van der Waals surface area (Å²) >= 11 is 0. The van der Waals surface area contributed by atoms with Crippen LogP contribution < -0.4 is 15.8 Å². The topological polar surface area (TPSA) is 111 Å². The van der Waals surface area contributed by atoms with E-state index in [0.717, 1.165) is 0 Å². The molecule has 3 N–H and O–H groups in total. The Morgan fingerprint density at radius 1 is 1.09 bits per heavy atom. The van der Waals surface area contributed by atoms with Crippen molar-refractivity contribution < 1.29 is 36.3 Å². The van der Waals surface area contributed by atoms with Gasteiger partial charge in [-0.3, -0.25) is 9.59 Å². The number of piperidine rings is 1. The van der Waals surface area contributed by atoms with Gasteiger partial charge in [-0.15, -0.1) is 13.2 Å². The van der Waals surface area contributed by atoms with E-state index in [9.17, 15) is 27.2 Å². The summed E-state index contributed by atoms with van der Waals surface area (Å²) in [7, 11) is 0. The summed E-state index contributed by atoms with van der Waals surface area (Å²) in [6.07, 6.45) is -0.146. The number of benzene rings is 2. The van der Waals surface area contributed by atoms with Crippen LogP contribution in [-0.4, -0.2) is 46.8 Å². The number of furan rings is 1. The van der Waals surface area contributed by atoms with Gasteiger partial charge in [0, 0.05) is 36.3 Å². The zero-order chi connectivity index (χ0) is 30.8. The number of nitrogens with one attached hydrogen (secondary N) is 1. The molecule has 0 atom stereocenters. The van der Waals surface area contributed by atoms with E-state index in [1.54, 1.807) is 47.4 Å². The van der Waals surface area contributed by atoms with Gasteiger partial charge >= 0.3 is 6.36 Å². The molecule has 0 spiro atoms. The number of halogens is 4. The maximum atomic E-state index is 14.1. The quantitative estimate of drug-likeness (QED) is 0.192. The van der Waals surface area contributed by atoms with E-state index in [1.165, 1.54) is 37.4 Å². The summed E-state index contributed by atoms with van der Waals surface area (Å²) in [6.45, 7) is 2.05. The van der Waals surface area contributed by atoms with E-state index >= 15 is 0 Å². The highest BCUT2D eigenvalue weighted by molar-refractivity contribution is 5.95. The first-order chi connectivity index (χ1) is 20.3. The lowest BCUT2D eigenvalue weighted by Crippen LogP contribution is -2.43. The van der Waals surface area contributed by atoms with E-state index in [-0.39, 0.29) is 36.6 Å². The Balaban J connectivity index is 1.33. The molecule has 43 heavy (non-hydrogen) atoms. The Labute approximate surface area is 244 Å². The molecule has 0 unspecified atom stereocenters. The van der Waals surface area contributed by atoms with Crippen LogP contribution in [0.5, 0.6) is 5.75 Å². The fraction of sp³-hybridized carbons (Fsp3) is 0.258. The molecule has 2 amide bonds. The summed E-state index contributed by atoms with van der Waals surface area (Å²) in [6, 6.07) is 14.0. The molecule has 1 aliphatic heterocycles. The summed E-state index contributed by atoms with van der Waals surface area (Å²) in [5.74, 6) is -0.683. The normalized spacial score (nSPS) is 15.1. The standard InChI is InChI=1S/C31H28F4N4O4/c1-30(32)10-12-39(13-11-30)29(41)21-6-4-20(5-7-21)22-14-23-15-24(42-28(23)25(16-22)43-31(33,34)35)18-38-27(40)9-3-19-2-8-26(36)37-17-19/h2-9,14-17H,10-13,18H2,1H3,(H2,36,37)(H,38,40)/b9-3+. The number of pyridine rings is 1. The number of alkyl halides is 4. The molecule has 5 rings (SSSR count). The number of nitrogens with zero attached hydrogens (tertiary/aromatic N) is 2. The third kappa shape index (κ3) is 7.51. The van der Waals surface area contributed by atoms with Crippen molar-refractivity contribution in [2.45, 2.75) is 38.3 Å². The number of nitrogens with two attached hydrogens (primary N) is 1. The lowest BCUT2D eigenvalue weighted by Gasteiger charge is -2.34. The van der Waals surface area contributed by atoms with E-state index in [2.05, 4.69) is 15.0 Å². The first kappa shape index (κ1) is 29.6. The lowest BCUT2D eigenvalue weighted by atomic mass is 9.95. The Bertz CT molecular complexity index is 1650. The number of anilines is 1. The van der Waals surface area contributed by atoms with Crippen LogP contribution in [0.15, 0.2) is 71.3 Å². The zero-order valence-corrected chi connectivity index (χ0v) is 23.1. The van der Waals surface area contributed by atoms with Crippen molar-refractivity contribution in [1.82, 2.24) is 15.2 Å². The van der Waals surface area contributed by atoms with Crippen LogP contribution in [0, 0.1) is 0 Å². The van der Waals surface area contributed by atoms with Crippen LogP contribution in [0.2, 0.25) is 0 Å². The number of likely N-dealkylation sites (tertiary alicyclic amines) is 1. The molecule has 0 saturated carbocycles. The monoisotopic (exact) mass is 596 g/mol. The van der Waals surface area contributed by atoms with Crippen LogP contribution in [0.3, 0.4) is 0 Å². The number of amides is 2. The van der Waals surface area contributed by atoms with Gasteiger partial charge in [-0.05, 0) is 85.0 Å². The maximum absolute atomic E-state index is 14.1. The van der Waals surface area contributed by atoms with Gasteiger partial charge in [-0.25, -0.2) is 9.37 Å². The molecule has 8 nitrogen and oxygen atoms in total. The number of fused-ring (bicyclic) bond motifs is 1. The average Bonchev–Trinajstić information content (AvgIpc) is 3.38. The third-order valence-corrected chi connectivity index (χ3v) is 7.09. The van der Waals surface area contributed by atoms with Crippen molar-refractivity contribution in [1.29, 1.82) is 0 Å². The predicted octanol–water partition coefficient (Wildman–Crippen LogP) is 6.27. The van der Waals surface area contributed by atoms with Gasteiger partial charge in [0.15, 0.2) is 11.3 Å². The molecule has 0 bridgehead atoms. The summed E-state index contributed by atoms with van der Waals surface area (Å²) in [5.41, 5.74) is 6.10. The molecular formula is C31H28F4N4O4. The lowest BCUT2D eigenvalue weighted by molar-refractivity contribution is -0.274. The number of hydrogen-bond acceptors (Lipinski definition) is 6. The van der Waals surface area contributed by atoms with Crippen molar-refractivity contribution in [2.75, 3.05) is 18.8 Å². The highest BCUT2D eigenvalue weighted by Gasteiger charge is 2.33. The minimum Gasteiger partial charge on any atom is -0.455 e. The Kier molecular flexibility index (Phi) is 8.12. The second-order valence-electron chi connectivity index (χ2n) is 10.5. The number of aromatic nitrogens is 1. The number of nitrogen functional groups attached to an aromatic ring is 1. The van der Waals surface area contributed by atoms with Crippen LogP contribution in [0.1, 0.15) is 41.4 Å². The molecular weight excluding hydrogens is 568 g/mol. The van der Waals surface area contributed by atoms with Gasteiger partial charge < -0.3 is 25.1 Å². The average molecular weight is 597 g/mol. The minimum atomic E-state index is -4.98. The Hall–Kier alpha value is -4.87. The number of carbonyl (C=O) groups is 2. The van der Waals surface area contributed by atoms with Crippen molar-refractivity contribution in [3.8, 4) is 16.9 Å². The van der Waals surface area contributed by atoms with Crippen LogP contribution >= 0.6 is 0 Å². The number of rotatable bonds is 7. The molecule has 1 fully saturated rings. The molecule has 0 radical (unpaired) electrons. The molecule has 224 valence electrons. The second kappa shape index (κ2) is 11.8. The Morgan fingerprint density at radius 2 is 1.81 bits per heavy atom. The number of ether oxygens (including phenoxy) is 1. The van der Waals surface area contributed by atoms with Crippen molar-refractivity contribution in [3.63, 3.8) is 0 Å². The van der Waals surface area contributed by atoms with Gasteiger partial charge in [0.1, 0.15) is 17.2 Å². The largest absolute Gasteiger partial charge is 0.573 e. The summed E-state index contributed by atoms with van der Waals surface area (Å²) in [5, 5.41) is 2.95. The first-order valence-electron chi connectivity index (χ1n) is 13.4. The van der Waals surface area contributed by atoms with Crippen molar-refractivity contribution in [3.05, 3.63) is 83.8 Å². The first-order valence-corrected chi connectivity index (χ1v) is 13.4. The van der Waals surface area contributed by atoms with E-state index in [1.807, 2.05) is 0 Å². The predicted molar refractivity (Wildman–Crippen MR) is 153 cm³/mol. The number of carbonyl (C=O) groups excluding carboxylic acids is 2. The van der Waals surface area contributed by atoms with E-state index in [0.29, 0.717) is 46.5 Å². The molecule has 4 aromatic rings. The maximum Gasteiger partial charge on any atom is 0.573 e. The molecule has 3 heterocycles. The smallest absolute Gasteiger partial charge is 0.455 e. The fourth-order valence-corrected chi connectivity index (χ4v) is 4.71. The minimum absolute atomic E-state index is 0.0898. The van der Waals surface area contributed by atoms with Crippen LogP contribution in [0.25, 0.3) is 28.2 Å². The van der Waals surface area contributed by atoms with E-state index < -0.39 is 23.7 Å². The van der Waals surface area contributed by atoms with Gasteiger partial charge in [-0.2, -0.15) is 0 Å². The third-order valence-electron chi connectivity index (χ3n) is 7.09. The second-order valence-corrected chi connectivity index (χ2v) is 10.5. The molecule has 2 aromatic heterocycles. The highest BCUT2D eigenvalue weighted by Crippen LogP contribution is 2.37. The van der Waals surface area contributed by atoms with Crippen molar-refractivity contribution in [2.24, 2.45) is 0 Å². The van der Waals surface area contributed by atoms with Gasteiger partial charge in [0.05, 0.1) is 6.54 Å². The molecule has 1 saturated heterocycles. The zero-order valence-electron chi connectivity index (χ0n) is 23.1. The van der Waals surface area contributed by atoms with E-state index in [4.69, 9.17) is 10.2 Å². The van der Waals surface area contributed by atoms with Gasteiger partial charge in [0.2, 0.25) is 5.91 Å². The molecule has 12 heteroatoms. The van der Waals surface area contributed by atoms with Gasteiger partial charge in [-0.1, -0.05) is 12.1 Å².